The molecule has 0 fully saturated rings. The number of benzene rings is 4. The van der Waals surface area contributed by atoms with Crippen LogP contribution in [0.25, 0.3) is 49.7 Å². The molecule has 2 aromatic heterocycles. The first kappa shape index (κ1) is 20.4. The van der Waals surface area contributed by atoms with Crippen LogP contribution in [-0.2, 0) is 0 Å². The molecule has 0 saturated heterocycles. The molecule has 0 saturated carbocycles. The first-order valence-electron chi connectivity index (χ1n) is 11.3. The van der Waals surface area contributed by atoms with Gasteiger partial charge >= 0.3 is 0 Å². The monoisotopic (exact) mass is 446 g/mol. The summed E-state index contributed by atoms with van der Waals surface area (Å²) in [5.41, 5.74) is 7.95. The van der Waals surface area contributed by atoms with Gasteiger partial charge < -0.3 is 4.57 Å². The number of hydrogen-bond acceptors (Lipinski definition) is 3. The Balaban J connectivity index is 1.75. The first-order valence-corrected chi connectivity index (χ1v) is 11.3. The number of rotatable bonds is 3. The molecule has 0 N–H and O–H groups in total. The average molecular weight is 447 g/mol. The van der Waals surface area contributed by atoms with Crippen LogP contribution in [0, 0.1) is 22.7 Å². The van der Waals surface area contributed by atoms with E-state index in [1.807, 2.05) is 66.7 Å². The fourth-order valence-electron chi connectivity index (χ4n) is 4.84. The summed E-state index contributed by atoms with van der Waals surface area (Å²) < 4.78 is 2.21. The van der Waals surface area contributed by atoms with Crippen molar-refractivity contribution in [1.82, 2.24) is 9.55 Å². The molecule has 0 unspecified atom stereocenters. The number of hydrogen-bond donors (Lipinski definition) is 0. The van der Waals surface area contributed by atoms with E-state index < -0.39 is 0 Å². The normalized spacial score (nSPS) is 10.8. The fourth-order valence-corrected chi connectivity index (χ4v) is 4.84. The maximum atomic E-state index is 9.85. The molecule has 4 nitrogen and oxygen atoms in total. The van der Waals surface area contributed by atoms with Crippen molar-refractivity contribution in [2.75, 3.05) is 0 Å². The minimum atomic E-state index is 0.579. The molecule has 0 aliphatic heterocycles. The Kier molecular flexibility index (Phi) is 4.84. The maximum absolute atomic E-state index is 9.85. The molecule has 35 heavy (non-hydrogen) atoms. The number of nitrogens with zero attached hydrogens (tertiary/aromatic N) is 4. The Morgan fingerprint density at radius 2 is 1.37 bits per heavy atom. The third kappa shape index (κ3) is 3.33. The Morgan fingerprint density at radius 3 is 2.20 bits per heavy atom. The minimum absolute atomic E-state index is 0.579. The van der Waals surface area contributed by atoms with Crippen molar-refractivity contribution in [2.24, 2.45) is 0 Å². The Morgan fingerprint density at radius 1 is 0.629 bits per heavy atom. The van der Waals surface area contributed by atoms with Crippen LogP contribution in [0.15, 0.2) is 109 Å². The number of pyridine rings is 1. The van der Waals surface area contributed by atoms with E-state index in [9.17, 15) is 10.5 Å². The number of fused-ring (bicyclic) bond motifs is 3. The minimum Gasteiger partial charge on any atom is -0.309 e. The summed E-state index contributed by atoms with van der Waals surface area (Å²) in [6.45, 7) is 0. The number of nitriles is 2. The highest BCUT2D eigenvalue weighted by Gasteiger charge is 2.18. The molecule has 0 aliphatic carbocycles. The van der Waals surface area contributed by atoms with Gasteiger partial charge in [0.2, 0.25) is 0 Å². The Labute approximate surface area is 202 Å². The van der Waals surface area contributed by atoms with E-state index in [4.69, 9.17) is 0 Å². The molecule has 4 heteroatoms. The van der Waals surface area contributed by atoms with E-state index in [2.05, 4.69) is 52.0 Å². The summed E-state index contributed by atoms with van der Waals surface area (Å²) in [4.78, 5) is 4.13. The second-order valence-electron chi connectivity index (χ2n) is 8.33. The van der Waals surface area contributed by atoms with Crippen molar-refractivity contribution in [1.29, 1.82) is 10.5 Å². The van der Waals surface area contributed by atoms with E-state index in [1.165, 1.54) is 0 Å². The maximum Gasteiger partial charge on any atom is 0.0998 e. The second-order valence-corrected chi connectivity index (χ2v) is 8.33. The first-order chi connectivity index (χ1) is 17.3. The van der Waals surface area contributed by atoms with Crippen LogP contribution in [0.3, 0.4) is 0 Å². The van der Waals surface area contributed by atoms with Crippen LogP contribution in [0.5, 0.6) is 0 Å². The lowest BCUT2D eigenvalue weighted by molar-refractivity contribution is 1.18. The van der Waals surface area contributed by atoms with E-state index in [1.54, 1.807) is 12.4 Å². The van der Waals surface area contributed by atoms with Crippen molar-refractivity contribution in [2.45, 2.75) is 0 Å². The lowest BCUT2D eigenvalue weighted by Crippen LogP contribution is -1.98. The Hall–Kier alpha value is -5.19. The molecule has 0 bridgehead atoms. The predicted molar refractivity (Wildman–Crippen MR) is 139 cm³/mol. The summed E-state index contributed by atoms with van der Waals surface area (Å²) in [7, 11) is 0. The van der Waals surface area contributed by atoms with Crippen LogP contribution < -0.4 is 0 Å². The van der Waals surface area contributed by atoms with Gasteiger partial charge in [-0.15, -0.1) is 0 Å². The van der Waals surface area contributed by atoms with Crippen molar-refractivity contribution in [3.63, 3.8) is 0 Å². The number of aromatic nitrogens is 2. The molecule has 162 valence electrons. The largest absolute Gasteiger partial charge is 0.309 e. The van der Waals surface area contributed by atoms with E-state index in [-0.39, 0.29) is 0 Å². The third-order valence-corrected chi connectivity index (χ3v) is 6.35. The molecular weight excluding hydrogens is 428 g/mol. The molecule has 0 aliphatic rings. The van der Waals surface area contributed by atoms with Crippen LogP contribution in [0.2, 0.25) is 0 Å². The van der Waals surface area contributed by atoms with Gasteiger partial charge in [-0.25, -0.2) is 0 Å². The van der Waals surface area contributed by atoms with Gasteiger partial charge in [-0.05, 0) is 53.6 Å². The van der Waals surface area contributed by atoms with E-state index >= 15 is 0 Å². The molecule has 0 radical (unpaired) electrons. The zero-order valence-corrected chi connectivity index (χ0v) is 18.7. The highest BCUT2D eigenvalue weighted by atomic mass is 15.0. The summed E-state index contributed by atoms with van der Waals surface area (Å²) in [5, 5.41) is 21.9. The van der Waals surface area contributed by atoms with Crippen LogP contribution in [0.1, 0.15) is 11.1 Å². The van der Waals surface area contributed by atoms with Crippen molar-refractivity contribution in [3.8, 4) is 40.1 Å². The predicted octanol–water partition coefficient (Wildman–Crippen LogP) is 7.26. The second kappa shape index (κ2) is 8.30. The number of para-hydroxylation sites is 2. The highest BCUT2D eigenvalue weighted by Crippen LogP contribution is 2.39. The van der Waals surface area contributed by atoms with Crippen LogP contribution in [0.4, 0.5) is 0 Å². The molecule has 0 atom stereocenters. The van der Waals surface area contributed by atoms with E-state index in [0.717, 1.165) is 49.7 Å². The van der Waals surface area contributed by atoms with Gasteiger partial charge in [-0.1, -0.05) is 54.6 Å². The summed E-state index contributed by atoms with van der Waals surface area (Å²) in [5.74, 6) is 0. The quantitative estimate of drug-likeness (QED) is 0.287. The zero-order chi connectivity index (χ0) is 23.8. The summed E-state index contributed by atoms with van der Waals surface area (Å²) in [6.07, 6.45) is 3.51. The van der Waals surface area contributed by atoms with Gasteiger partial charge in [0.15, 0.2) is 0 Å². The Bertz CT molecular complexity index is 1820. The van der Waals surface area contributed by atoms with Gasteiger partial charge in [0, 0.05) is 40.0 Å². The zero-order valence-electron chi connectivity index (χ0n) is 18.7. The van der Waals surface area contributed by atoms with Crippen LogP contribution >= 0.6 is 0 Å². The van der Waals surface area contributed by atoms with Crippen LogP contribution in [-0.4, -0.2) is 9.55 Å². The average Bonchev–Trinajstić information content (AvgIpc) is 3.28. The fraction of sp³-hybridized carbons (Fsp3) is 0. The third-order valence-electron chi connectivity index (χ3n) is 6.35. The molecular formula is C31H18N4. The molecule has 0 amide bonds. The highest BCUT2D eigenvalue weighted by molar-refractivity contribution is 6.14. The van der Waals surface area contributed by atoms with Gasteiger partial charge in [0.05, 0.1) is 34.3 Å². The molecule has 0 spiro atoms. The van der Waals surface area contributed by atoms with Crippen molar-refractivity contribution in [3.05, 3.63) is 121 Å². The topological polar surface area (TPSA) is 65.4 Å². The lowest BCUT2D eigenvalue weighted by Gasteiger charge is -2.14. The lowest BCUT2D eigenvalue weighted by atomic mass is 9.97. The van der Waals surface area contributed by atoms with Crippen molar-refractivity contribution < 1.29 is 0 Å². The molecule has 4 aromatic carbocycles. The molecule has 2 heterocycles. The van der Waals surface area contributed by atoms with Gasteiger partial charge in [0.25, 0.3) is 0 Å². The van der Waals surface area contributed by atoms with Crippen molar-refractivity contribution >= 4 is 21.8 Å². The van der Waals surface area contributed by atoms with Gasteiger partial charge in [-0.3, -0.25) is 4.98 Å². The van der Waals surface area contributed by atoms with E-state index in [0.29, 0.717) is 11.1 Å². The summed E-state index contributed by atoms with van der Waals surface area (Å²) >= 11 is 0. The smallest absolute Gasteiger partial charge is 0.0998 e. The van der Waals surface area contributed by atoms with Gasteiger partial charge in [-0.2, -0.15) is 10.5 Å². The molecule has 6 rings (SSSR count). The SMILES string of the molecule is N#Cc1cc(-c2ccncc2)cc(-n2c3ccccc3c3cccc(-c4ccccc4C#N)c32)c1. The van der Waals surface area contributed by atoms with Gasteiger partial charge in [0.1, 0.15) is 0 Å². The summed E-state index contributed by atoms with van der Waals surface area (Å²) in [6, 6.07) is 36.7. The molecule has 6 aromatic rings. The standard InChI is InChI=1S/C31H18N4/c32-19-21-16-24(22-12-14-34-15-13-22)18-25(17-21)35-30-11-4-3-8-27(30)29-10-5-9-28(31(29)35)26-7-2-1-6-23(26)20-33/h1-18H.